The number of hydrogen-bond acceptors (Lipinski definition) is 2. The van der Waals surface area contributed by atoms with Crippen LogP contribution < -0.4 is 4.72 Å². The van der Waals surface area contributed by atoms with Crippen LogP contribution in [0.1, 0.15) is 24.1 Å². The molecule has 0 radical (unpaired) electrons. The van der Waals surface area contributed by atoms with Crippen LogP contribution >= 0.6 is 11.6 Å². The maximum atomic E-state index is 12.0. The maximum Gasteiger partial charge on any atom is 0.234 e. The molecule has 0 spiro atoms. The van der Waals surface area contributed by atoms with Gasteiger partial charge in [0.05, 0.1) is 0 Å². The van der Waals surface area contributed by atoms with Gasteiger partial charge in [-0.05, 0) is 36.3 Å². The molecule has 0 saturated carbocycles. The minimum absolute atomic E-state index is 0.353. The summed E-state index contributed by atoms with van der Waals surface area (Å²) in [5, 5.41) is 1.75. The first-order valence-electron chi connectivity index (χ1n) is 6.47. The SMILES string of the molecule is C[C@H](NS(=O)(=O)/C=C/c1ccccc1)c1cccc(Cl)c1. The van der Waals surface area contributed by atoms with E-state index in [0.29, 0.717) is 5.02 Å². The Hall–Kier alpha value is -1.62. The van der Waals surface area contributed by atoms with Crippen molar-refractivity contribution in [3.63, 3.8) is 0 Å². The molecule has 2 rings (SSSR count). The Labute approximate surface area is 130 Å². The summed E-state index contributed by atoms with van der Waals surface area (Å²) in [6, 6.07) is 16.0. The number of rotatable bonds is 5. The van der Waals surface area contributed by atoms with E-state index >= 15 is 0 Å². The number of nitrogens with one attached hydrogen (secondary N) is 1. The summed E-state index contributed by atoms with van der Waals surface area (Å²) in [6.07, 6.45) is 1.56. The molecule has 0 heterocycles. The fraction of sp³-hybridized carbons (Fsp3) is 0.125. The first-order valence-corrected chi connectivity index (χ1v) is 8.40. The van der Waals surface area contributed by atoms with Gasteiger partial charge in [-0.2, -0.15) is 0 Å². The smallest absolute Gasteiger partial charge is 0.208 e. The van der Waals surface area contributed by atoms with E-state index < -0.39 is 10.0 Å². The van der Waals surface area contributed by atoms with Gasteiger partial charge in [0.1, 0.15) is 0 Å². The van der Waals surface area contributed by atoms with Crippen molar-refractivity contribution in [3.05, 3.63) is 76.2 Å². The molecule has 110 valence electrons. The van der Waals surface area contributed by atoms with E-state index in [9.17, 15) is 8.42 Å². The van der Waals surface area contributed by atoms with Crippen LogP contribution in [-0.4, -0.2) is 8.42 Å². The van der Waals surface area contributed by atoms with Crippen LogP contribution in [0.3, 0.4) is 0 Å². The molecule has 0 aromatic heterocycles. The summed E-state index contributed by atoms with van der Waals surface area (Å²) in [4.78, 5) is 0. The van der Waals surface area contributed by atoms with Crippen molar-refractivity contribution in [2.45, 2.75) is 13.0 Å². The molecule has 2 aromatic carbocycles. The Morgan fingerprint density at radius 1 is 1.10 bits per heavy atom. The van der Waals surface area contributed by atoms with Gasteiger partial charge in [-0.3, -0.25) is 0 Å². The molecule has 0 bridgehead atoms. The molecule has 0 saturated heterocycles. The number of halogens is 1. The molecule has 0 aliphatic rings. The van der Waals surface area contributed by atoms with Gasteiger partial charge in [0, 0.05) is 16.5 Å². The van der Waals surface area contributed by atoms with Crippen LogP contribution in [0.25, 0.3) is 6.08 Å². The Morgan fingerprint density at radius 2 is 1.81 bits per heavy atom. The van der Waals surface area contributed by atoms with E-state index in [1.807, 2.05) is 36.4 Å². The molecule has 3 nitrogen and oxygen atoms in total. The molecule has 21 heavy (non-hydrogen) atoms. The summed E-state index contributed by atoms with van der Waals surface area (Å²) in [7, 11) is -3.51. The minimum atomic E-state index is -3.51. The fourth-order valence-electron chi connectivity index (χ4n) is 1.86. The lowest BCUT2D eigenvalue weighted by molar-refractivity contribution is 0.576. The number of sulfonamides is 1. The summed E-state index contributed by atoms with van der Waals surface area (Å²) < 4.78 is 26.7. The molecule has 0 unspecified atom stereocenters. The predicted molar refractivity (Wildman–Crippen MR) is 87.4 cm³/mol. The van der Waals surface area contributed by atoms with Crippen molar-refractivity contribution in [1.82, 2.24) is 4.72 Å². The second kappa shape index (κ2) is 6.89. The highest BCUT2D eigenvalue weighted by molar-refractivity contribution is 7.92. The van der Waals surface area contributed by atoms with Crippen LogP contribution in [0.15, 0.2) is 60.0 Å². The van der Waals surface area contributed by atoms with Crippen LogP contribution in [0.2, 0.25) is 5.02 Å². The summed E-state index contributed by atoms with van der Waals surface area (Å²) in [6.45, 7) is 1.78. The lowest BCUT2D eigenvalue weighted by Gasteiger charge is -2.13. The first-order chi connectivity index (χ1) is 9.96. The third-order valence-corrected chi connectivity index (χ3v) is 4.34. The third-order valence-electron chi connectivity index (χ3n) is 2.93. The normalized spacial score (nSPS) is 13.4. The average molecular weight is 322 g/mol. The predicted octanol–water partition coefficient (Wildman–Crippen LogP) is 3.99. The Kier molecular flexibility index (Phi) is 5.17. The van der Waals surface area contributed by atoms with Gasteiger partial charge in [-0.1, -0.05) is 54.1 Å². The molecule has 2 aromatic rings. The van der Waals surface area contributed by atoms with E-state index in [1.165, 1.54) is 5.41 Å². The molecule has 0 fully saturated rings. The van der Waals surface area contributed by atoms with Gasteiger partial charge in [0.25, 0.3) is 0 Å². The van der Waals surface area contributed by atoms with Crippen molar-refractivity contribution < 1.29 is 8.42 Å². The number of hydrogen-bond donors (Lipinski definition) is 1. The second-order valence-corrected chi connectivity index (χ2v) is 6.69. The topological polar surface area (TPSA) is 46.2 Å². The van der Waals surface area contributed by atoms with Crippen molar-refractivity contribution in [1.29, 1.82) is 0 Å². The molecular formula is C16H16ClNO2S. The molecule has 1 atom stereocenters. The van der Waals surface area contributed by atoms with E-state index in [4.69, 9.17) is 11.6 Å². The van der Waals surface area contributed by atoms with Gasteiger partial charge in [0.2, 0.25) is 10.0 Å². The average Bonchev–Trinajstić information content (AvgIpc) is 2.46. The van der Waals surface area contributed by atoms with Crippen molar-refractivity contribution in [2.75, 3.05) is 0 Å². The lowest BCUT2D eigenvalue weighted by atomic mass is 10.1. The third kappa shape index (κ3) is 5.01. The zero-order valence-corrected chi connectivity index (χ0v) is 13.1. The summed E-state index contributed by atoms with van der Waals surface area (Å²) >= 11 is 5.91. The Morgan fingerprint density at radius 3 is 2.48 bits per heavy atom. The summed E-state index contributed by atoms with van der Waals surface area (Å²) in [5.41, 5.74) is 1.65. The van der Waals surface area contributed by atoms with Crippen molar-refractivity contribution in [2.24, 2.45) is 0 Å². The molecule has 5 heteroatoms. The van der Waals surface area contributed by atoms with E-state index in [0.717, 1.165) is 11.1 Å². The van der Waals surface area contributed by atoms with Crippen LogP contribution in [0.5, 0.6) is 0 Å². The molecule has 0 amide bonds. The monoisotopic (exact) mass is 321 g/mol. The van der Waals surface area contributed by atoms with Crippen molar-refractivity contribution >= 4 is 27.7 Å². The van der Waals surface area contributed by atoms with Gasteiger partial charge in [0.15, 0.2) is 0 Å². The highest BCUT2D eigenvalue weighted by atomic mass is 35.5. The zero-order chi connectivity index (χ0) is 15.3. The molecule has 1 N–H and O–H groups in total. The Bertz CT molecular complexity index is 727. The van der Waals surface area contributed by atoms with Crippen LogP contribution in [0.4, 0.5) is 0 Å². The van der Waals surface area contributed by atoms with E-state index in [2.05, 4.69) is 4.72 Å². The first kappa shape index (κ1) is 15.8. The molecule has 0 aliphatic heterocycles. The molecule has 0 aliphatic carbocycles. The minimum Gasteiger partial charge on any atom is -0.208 e. The van der Waals surface area contributed by atoms with Gasteiger partial charge in [-0.25, -0.2) is 13.1 Å². The van der Waals surface area contributed by atoms with E-state index in [-0.39, 0.29) is 6.04 Å². The Balaban J connectivity index is 2.09. The second-order valence-electron chi connectivity index (χ2n) is 4.65. The van der Waals surface area contributed by atoms with E-state index in [1.54, 1.807) is 31.2 Å². The largest absolute Gasteiger partial charge is 0.234 e. The van der Waals surface area contributed by atoms with Gasteiger partial charge in [-0.15, -0.1) is 0 Å². The van der Waals surface area contributed by atoms with Crippen LogP contribution in [-0.2, 0) is 10.0 Å². The lowest BCUT2D eigenvalue weighted by Crippen LogP contribution is -2.24. The van der Waals surface area contributed by atoms with Crippen LogP contribution in [0, 0.1) is 0 Å². The quantitative estimate of drug-likeness (QED) is 0.905. The van der Waals surface area contributed by atoms with Crippen molar-refractivity contribution in [3.8, 4) is 0 Å². The van der Waals surface area contributed by atoms with Gasteiger partial charge < -0.3 is 0 Å². The highest BCUT2D eigenvalue weighted by Crippen LogP contribution is 2.18. The molecular weight excluding hydrogens is 306 g/mol. The highest BCUT2D eigenvalue weighted by Gasteiger charge is 2.13. The maximum absolute atomic E-state index is 12.0. The van der Waals surface area contributed by atoms with Gasteiger partial charge >= 0.3 is 0 Å². The number of benzene rings is 2. The standard InChI is InChI=1S/C16H16ClNO2S/c1-13(15-8-5-9-16(17)12-15)18-21(19,20)11-10-14-6-3-2-4-7-14/h2-13,18H,1H3/b11-10+/t13-/m0/s1. The zero-order valence-electron chi connectivity index (χ0n) is 11.5. The summed E-state index contributed by atoms with van der Waals surface area (Å²) in [5.74, 6) is 0. The fourth-order valence-corrected chi connectivity index (χ4v) is 3.10.